The average molecular weight is 198 g/mol. The normalized spacial score (nSPS) is 25.7. The summed E-state index contributed by atoms with van der Waals surface area (Å²) >= 11 is 0. The molecule has 1 unspecified atom stereocenters. The van der Waals surface area contributed by atoms with Gasteiger partial charge in [0.25, 0.3) is 0 Å². The van der Waals surface area contributed by atoms with E-state index in [1.807, 2.05) is 0 Å². The minimum atomic E-state index is -1.06. The SMILES string of the molecule is O=C(O)C1COC2=C(C=C(O)CC2)O1. The number of hydrogen-bond donors (Lipinski definition) is 2. The van der Waals surface area contributed by atoms with Gasteiger partial charge in [-0.1, -0.05) is 0 Å². The standard InChI is InChI=1S/C9H10O5/c10-5-1-2-6-7(3-5)14-8(4-13-6)9(11)12/h3,8,10H,1-2,4H2,(H,11,12). The highest BCUT2D eigenvalue weighted by atomic mass is 16.6. The first kappa shape index (κ1) is 8.93. The monoisotopic (exact) mass is 198 g/mol. The molecule has 0 radical (unpaired) electrons. The second-order valence-electron chi connectivity index (χ2n) is 3.18. The summed E-state index contributed by atoms with van der Waals surface area (Å²) in [5, 5.41) is 17.9. The molecule has 2 rings (SSSR count). The first-order chi connectivity index (χ1) is 6.66. The number of hydrogen-bond acceptors (Lipinski definition) is 4. The number of carboxylic acid groups (broad SMARTS) is 1. The van der Waals surface area contributed by atoms with Crippen LogP contribution in [-0.2, 0) is 14.3 Å². The lowest BCUT2D eigenvalue weighted by Crippen LogP contribution is -2.33. The van der Waals surface area contributed by atoms with E-state index in [1.54, 1.807) is 0 Å². The van der Waals surface area contributed by atoms with Crippen LogP contribution in [0.4, 0.5) is 0 Å². The third-order valence-corrected chi connectivity index (χ3v) is 2.13. The Labute approximate surface area is 80.2 Å². The van der Waals surface area contributed by atoms with Crippen LogP contribution in [0.2, 0.25) is 0 Å². The van der Waals surface area contributed by atoms with Crippen LogP contribution in [0.3, 0.4) is 0 Å². The van der Waals surface area contributed by atoms with Gasteiger partial charge in [0.1, 0.15) is 12.4 Å². The lowest BCUT2D eigenvalue weighted by molar-refractivity contribution is -0.153. The van der Waals surface area contributed by atoms with Gasteiger partial charge in [0.15, 0.2) is 5.76 Å². The molecule has 1 aliphatic heterocycles. The van der Waals surface area contributed by atoms with Crippen molar-refractivity contribution in [2.75, 3.05) is 6.61 Å². The molecule has 5 nitrogen and oxygen atoms in total. The predicted octanol–water partition coefficient (Wildman–Crippen LogP) is 0.934. The topological polar surface area (TPSA) is 76.0 Å². The largest absolute Gasteiger partial charge is 0.512 e. The summed E-state index contributed by atoms with van der Waals surface area (Å²) in [6, 6.07) is 0. The van der Waals surface area contributed by atoms with Gasteiger partial charge in [-0.2, -0.15) is 0 Å². The van der Waals surface area contributed by atoms with Crippen LogP contribution in [0.5, 0.6) is 0 Å². The minimum absolute atomic E-state index is 0.0305. The quantitative estimate of drug-likeness (QED) is 0.655. The summed E-state index contributed by atoms with van der Waals surface area (Å²) in [7, 11) is 0. The Morgan fingerprint density at radius 3 is 3.00 bits per heavy atom. The van der Waals surface area contributed by atoms with Crippen LogP contribution in [-0.4, -0.2) is 28.9 Å². The molecule has 0 aromatic rings. The molecular formula is C9H10O5. The molecule has 0 saturated heterocycles. The van der Waals surface area contributed by atoms with E-state index in [-0.39, 0.29) is 12.4 Å². The minimum Gasteiger partial charge on any atom is -0.512 e. The molecule has 0 amide bonds. The maximum atomic E-state index is 10.6. The maximum Gasteiger partial charge on any atom is 0.348 e. The number of carboxylic acids is 1. The highest BCUT2D eigenvalue weighted by Crippen LogP contribution is 2.28. The molecule has 0 spiro atoms. The molecule has 1 aliphatic carbocycles. The Morgan fingerprint density at radius 2 is 2.29 bits per heavy atom. The van der Waals surface area contributed by atoms with Crippen molar-refractivity contribution in [3.8, 4) is 0 Å². The number of ether oxygens (including phenoxy) is 2. The van der Waals surface area contributed by atoms with Crippen LogP contribution in [0, 0.1) is 0 Å². The smallest absolute Gasteiger partial charge is 0.348 e. The van der Waals surface area contributed by atoms with Crippen molar-refractivity contribution < 1.29 is 24.5 Å². The zero-order chi connectivity index (χ0) is 10.1. The molecule has 0 fully saturated rings. The van der Waals surface area contributed by atoms with Gasteiger partial charge < -0.3 is 19.7 Å². The molecule has 0 saturated carbocycles. The number of aliphatic carboxylic acids is 1. The highest BCUT2D eigenvalue weighted by molar-refractivity contribution is 5.73. The van der Waals surface area contributed by atoms with Gasteiger partial charge >= 0.3 is 5.97 Å². The summed E-state index contributed by atoms with van der Waals surface area (Å²) in [6.45, 7) is 0.0305. The Bertz CT molecular complexity index is 328. The van der Waals surface area contributed by atoms with Crippen LogP contribution >= 0.6 is 0 Å². The van der Waals surface area contributed by atoms with Gasteiger partial charge in [-0.15, -0.1) is 0 Å². The van der Waals surface area contributed by atoms with Gasteiger partial charge in [-0.25, -0.2) is 4.79 Å². The number of rotatable bonds is 1. The van der Waals surface area contributed by atoms with E-state index in [1.165, 1.54) is 6.08 Å². The van der Waals surface area contributed by atoms with Gasteiger partial charge in [0, 0.05) is 18.9 Å². The second kappa shape index (κ2) is 3.25. The Balaban J connectivity index is 2.18. The van der Waals surface area contributed by atoms with E-state index in [2.05, 4.69) is 0 Å². The summed E-state index contributed by atoms with van der Waals surface area (Å²) in [5.41, 5.74) is 0. The van der Waals surface area contributed by atoms with Gasteiger partial charge in [-0.05, 0) is 0 Å². The Kier molecular flexibility index (Phi) is 2.07. The van der Waals surface area contributed by atoms with Crippen molar-refractivity contribution in [3.63, 3.8) is 0 Å². The molecule has 14 heavy (non-hydrogen) atoms. The summed E-state index contributed by atoms with van der Waals surface area (Å²) < 4.78 is 10.4. The summed E-state index contributed by atoms with van der Waals surface area (Å²) in [5.74, 6) is 0.0982. The molecule has 0 aromatic carbocycles. The van der Waals surface area contributed by atoms with Crippen LogP contribution in [0.1, 0.15) is 12.8 Å². The van der Waals surface area contributed by atoms with E-state index < -0.39 is 12.1 Å². The van der Waals surface area contributed by atoms with Crippen molar-refractivity contribution in [1.82, 2.24) is 0 Å². The third kappa shape index (κ3) is 1.53. The average Bonchev–Trinajstić information content (AvgIpc) is 2.16. The highest BCUT2D eigenvalue weighted by Gasteiger charge is 2.29. The molecule has 0 aromatic heterocycles. The lowest BCUT2D eigenvalue weighted by Gasteiger charge is -2.27. The van der Waals surface area contributed by atoms with E-state index in [4.69, 9.17) is 14.6 Å². The molecular weight excluding hydrogens is 188 g/mol. The Morgan fingerprint density at radius 1 is 1.50 bits per heavy atom. The fraction of sp³-hybridized carbons (Fsp3) is 0.444. The first-order valence-corrected chi connectivity index (χ1v) is 4.32. The van der Waals surface area contributed by atoms with Crippen molar-refractivity contribution in [3.05, 3.63) is 23.4 Å². The number of carbonyl (C=O) groups is 1. The van der Waals surface area contributed by atoms with Crippen molar-refractivity contribution in [2.45, 2.75) is 18.9 Å². The van der Waals surface area contributed by atoms with Gasteiger partial charge in [0.2, 0.25) is 6.10 Å². The predicted molar refractivity (Wildman–Crippen MR) is 45.4 cm³/mol. The molecule has 2 aliphatic rings. The van der Waals surface area contributed by atoms with Crippen molar-refractivity contribution in [1.29, 1.82) is 0 Å². The van der Waals surface area contributed by atoms with E-state index in [9.17, 15) is 9.90 Å². The van der Waals surface area contributed by atoms with Gasteiger partial charge in [-0.3, -0.25) is 0 Å². The molecule has 2 N–H and O–H groups in total. The van der Waals surface area contributed by atoms with E-state index in [0.29, 0.717) is 24.4 Å². The second-order valence-corrected chi connectivity index (χ2v) is 3.18. The fourth-order valence-electron chi connectivity index (χ4n) is 1.40. The van der Waals surface area contributed by atoms with Gasteiger partial charge in [0.05, 0.1) is 5.76 Å². The van der Waals surface area contributed by atoms with Crippen molar-refractivity contribution >= 4 is 5.97 Å². The zero-order valence-corrected chi connectivity index (χ0v) is 7.40. The molecule has 1 atom stereocenters. The number of aliphatic hydroxyl groups is 1. The van der Waals surface area contributed by atoms with Crippen LogP contribution in [0.25, 0.3) is 0 Å². The summed E-state index contributed by atoms with van der Waals surface area (Å²) in [4.78, 5) is 10.6. The number of allylic oxidation sites excluding steroid dienone is 3. The molecule has 0 bridgehead atoms. The Hall–Kier alpha value is -1.65. The van der Waals surface area contributed by atoms with Crippen LogP contribution in [0.15, 0.2) is 23.4 Å². The molecule has 5 heteroatoms. The van der Waals surface area contributed by atoms with E-state index in [0.717, 1.165) is 0 Å². The fourth-order valence-corrected chi connectivity index (χ4v) is 1.40. The first-order valence-electron chi connectivity index (χ1n) is 4.32. The third-order valence-electron chi connectivity index (χ3n) is 2.13. The summed E-state index contributed by atoms with van der Waals surface area (Å²) in [6.07, 6.45) is 1.51. The van der Waals surface area contributed by atoms with Crippen LogP contribution < -0.4 is 0 Å². The maximum absolute atomic E-state index is 10.6. The molecule has 76 valence electrons. The van der Waals surface area contributed by atoms with Crippen molar-refractivity contribution in [2.24, 2.45) is 0 Å². The zero-order valence-electron chi connectivity index (χ0n) is 7.40. The lowest BCUT2D eigenvalue weighted by atomic mass is 10.1. The van der Waals surface area contributed by atoms with E-state index >= 15 is 0 Å². The number of aliphatic hydroxyl groups excluding tert-OH is 1. The molecule has 1 heterocycles.